The van der Waals surface area contributed by atoms with E-state index in [0.29, 0.717) is 13.1 Å². The molecule has 0 aromatic heterocycles. The second-order valence-corrected chi connectivity index (χ2v) is 6.21. The third-order valence-corrected chi connectivity index (χ3v) is 4.76. The monoisotopic (exact) mass is 310 g/mol. The molecule has 0 N–H and O–H groups in total. The normalized spacial score (nSPS) is 20.4. The molecule has 0 bridgehead atoms. The van der Waals surface area contributed by atoms with E-state index in [1.165, 1.54) is 12.8 Å². The first-order valence-corrected chi connectivity index (χ1v) is 8.64. The molecule has 6 heteroatoms. The Morgan fingerprint density at radius 2 is 1.36 bits per heavy atom. The number of likely N-dealkylation sites (N-methyl/N-ethyl adjacent to an activating group) is 1. The summed E-state index contributed by atoms with van der Waals surface area (Å²) in [4.78, 5) is 32.6. The average Bonchev–Trinajstić information content (AvgIpc) is 3.02. The largest absolute Gasteiger partial charge is 0.342 e. The lowest BCUT2D eigenvalue weighted by Crippen LogP contribution is -2.53. The molecule has 0 aliphatic carbocycles. The zero-order chi connectivity index (χ0) is 15.9. The van der Waals surface area contributed by atoms with Gasteiger partial charge in [0.05, 0.1) is 13.1 Å². The molecular formula is C16H30N4O2. The molecule has 126 valence electrons. The highest BCUT2D eigenvalue weighted by molar-refractivity contribution is 5.79. The molecule has 2 fully saturated rings. The molecular weight excluding hydrogens is 280 g/mol. The Kier molecular flexibility index (Phi) is 6.64. The van der Waals surface area contributed by atoms with Crippen LogP contribution in [0.5, 0.6) is 0 Å². The second kappa shape index (κ2) is 8.48. The zero-order valence-corrected chi connectivity index (χ0v) is 14.1. The van der Waals surface area contributed by atoms with Crippen LogP contribution >= 0.6 is 0 Å². The molecule has 0 aromatic carbocycles. The van der Waals surface area contributed by atoms with Gasteiger partial charge in [0.25, 0.3) is 0 Å². The lowest BCUT2D eigenvalue weighted by molar-refractivity contribution is -0.135. The Bertz CT molecular complexity index is 370. The van der Waals surface area contributed by atoms with Gasteiger partial charge in [-0.3, -0.25) is 19.4 Å². The maximum atomic E-state index is 12.3. The molecule has 2 aliphatic rings. The van der Waals surface area contributed by atoms with E-state index in [2.05, 4.69) is 9.80 Å². The van der Waals surface area contributed by atoms with Crippen LogP contribution in [0.3, 0.4) is 0 Å². The van der Waals surface area contributed by atoms with E-state index in [1.54, 1.807) is 0 Å². The highest BCUT2D eigenvalue weighted by Gasteiger charge is 2.25. The fraction of sp³-hybridized carbons (Fsp3) is 0.875. The standard InChI is InChI=1S/C16H30N4O2/c1-3-19(4-2)15(21)13-18-9-11-20(12-10-18)16(22)14-17-7-5-6-8-17/h3-14H2,1-2H3. The quantitative estimate of drug-likeness (QED) is 0.698. The van der Waals surface area contributed by atoms with Crippen molar-refractivity contribution in [2.24, 2.45) is 0 Å². The first kappa shape index (κ1) is 17.2. The van der Waals surface area contributed by atoms with Crippen molar-refractivity contribution in [2.75, 3.05) is 65.4 Å². The Morgan fingerprint density at radius 3 is 1.91 bits per heavy atom. The summed E-state index contributed by atoms with van der Waals surface area (Å²) in [5.74, 6) is 0.443. The van der Waals surface area contributed by atoms with Gasteiger partial charge in [-0.1, -0.05) is 0 Å². The first-order valence-electron chi connectivity index (χ1n) is 8.64. The molecule has 6 nitrogen and oxygen atoms in total. The molecule has 0 spiro atoms. The van der Waals surface area contributed by atoms with Gasteiger partial charge < -0.3 is 9.80 Å². The summed E-state index contributed by atoms with van der Waals surface area (Å²) in [6.45, 7) is 11.8. The number of carbonyl (C=O) groups is 2. The van der Waals surface area contributed by atoms with Crippen LogP contribution in [0.15, 0.2) is 0 Å². The van der Waals surface area contributed by atoms with E-state index >= 15 is 0 Å². The van der Waals surface area contributed by atoms with Crippen LogP contribution in [0, 0.1) is 0 Å². The van der Waals surface area contributed by atoms with Gasteiger partial charge in [0, 0.05) is 39.3 Å². The minimum atomic E-state index is 0.196. The van der Waals surface area contributed by atoms with E-state index in [9.17, 15) is 9.59 Å². The molecule has 0 unspecified atom stereocenters. The van der Waals surface area contributed by atoms with E-state index in [1.807, 2.05) is 23.6 Å². The maximum Gasteiger partial charge on any atom is 0.236 e. The molecule has 2 saturated heterocycles. The Balaban J connectivity index is 1.70. The third-order valence-electron chi connectivity index (χ3n) is 4.76. The smallest absolute Gasteiger partial charge is 0.236 e. The highest BCUT2D eigenvalue weighted by atomic mass is 16.2. The third kappa shape index (κ3) is 4.68. The lowest BCUT2D eigenvalue weighted by Gasteiger charge is -2.35. The fourth-order valence-corrected chi connectivity index (χ4v) is 3.26. The van der Waals surface area contributed by atoms with E-state index in [-0.39, 0.29) is 11.8 Å². The van der Waals surface area contributed by atoms with Crippen LogP contribution in [0.2, 0.25) is 0 Å². The van der Waals surface area contributed by atoms with Crippen molar-refractivity contribution >= 4 is 11.8 Å². The van der Waals surface area contributed by atoms with Crippen molar-refractivity contribution in [3.8, 4) is 0 Å². The predicted octanol–water partition coefficient (Wildman–Crippen LogP) is 0.0948. The van der Waals surface area contributed by atoms with Gasteiger partial charge in [-0.05, 0) is 39.8 Å². The summed E-state index contributed by atoms with van der Waals surface area (Å²) in [7, 11) is 0. The van der Waals surface area contributed by atoms with E-state index < -0.39 is 0 Å². The van der Waals surface area contributed by atoms with Crippen LogP contribution < -0.4 is 0 Å². The van der Waals surface area contributed by atoms with Crippen molar-refractivity contribution in [1.29, 1.82) is 0 Å². The summed E-state index contributed by atoms with van der Waals surface area (Å²) in [5.41, 5.74) is 0. The number of amides is 2. The predicted molar refractivity (Wildman–Crippen MR) is 86.6 cm³/mol. The summed E-state index contributed by atoms with van der Waals surface area (Å²) in [6, 6.07) is 0. The van der Waals surface area contributed by atoms with Gasteiger partial charge in [0.1, 0.15) is 0 Å². The van der Waals surface area contributed by atoms with E-state index in [4.69, 9.17) is 0 Å². The molecule has 2 heterocycles. The molecule has 0 atom stereocenters. The maximum absolute atomic E-state index is 12.3. The number of piperazine rings is 1. The fourth-order valence-electron chi connectivity index (χ4n) is 3.26. The van der Waals surface area contributed by atoms with Crippen LogP contribution in [-0.4, -0.2) is 96.9 Å². The molecule has 2 rings (SSSR count). The number of hydrogen-bond donors (Lipinski definition) is 0. The van der Waals surface area contributed by atoms with Crippen LogP contribution in [0.25, 0.3) is 0 Å². The van der Waals surface area contributed by atoms with Gasteiger partial charge in [-0.2, -0.15) is 0 Å². The Hall–Kier alpha value is -1.14. The van der Waals surface area contributed by atoms with Gasteiger partial charge in [-0.15, -0.1) is 0 Å². The summed E-state index contributed by atoms with van der Waals surface area (Å²) < 4.78 is 0. The van der Waals surface area contributed by atoms with Crippen molar-refractivity contribution in [3.63, 3.8) is 0 Å². The Labute approximate surface area is 134 Å². The molecule has 0 aromatic rings. The molecule has 2 amide bonds. The highest BCUT2D eigenvalue weighted by Crippen LogP contribution is 2.09. The minimum Gasteiger partial charge on any atom is -0.342 e. The molecule has 2 aliphatic heterocycles. The van der Waals surface area contributed by atoms with Crippen molar-refractivity contribution in [1.82, 2.24) is 19.6 Å². The van der Waals surface area contributed by atoms with Gasteiger partial charge in [-0.25, -0.2) is 0 Å². The minimum absolute atomic E-state index is 0.196. The van der Waals surface area contributed by atoms with Crippen LogP contribution in [0.1, 0.15) is 26.7 Å². The number of rotatable bonds is 6. The summed E-state index contributed by atoms with van der Waals surface area (Å²) >= 11 is 0. The van der Waals surface area contributed by atoms with Crippen molar-refractivity contribution < 1.29 is 9.59 Å². The first-order chi connectivity index (χ1) is 10.6. The topological polar surface area (TPSA) is 47.1 Å². The van der Waals surface area contributed by atoms with Gasteiger partial charge in [0.15, 0.2) is 0 Å². The summed E-state index contributed by atoms with van der Waals surface area (Å²) in [6.07, 6.45) is 2.43. The number of nitrogens with zero attached hydrogens (tertiary/aromatic N) is 4. The molecule has 0 saturated carbocycles. The van der Waals surface area contributed by atoms with Crippen LogP contribution in [-0.2, 0) is 9.59 Å². The Morgan fingerprint density at radius 1 is 0.818 bits per heavy atom. The van der Waals surface area contributed by atoms with E-state index in [0.717, 1.165) is 52.4 Å². The van der Waals surface area contributed by atoms with Crippen molar-refractivity contribution in [3.05, 3.63) is 0 Å². The summed E-state index contributed by atoms with van der Waals surface area (Å²) in [5, 5.41) is 0. The number of carbonyl (C=O) groups excluding carboxylic acids is 2. The van der Waals surface area contributed by atoms with Crippen molar-refractivity contribution in [2.45, 2.75) is 26.7 Å². The number of hydrogen-bond acceptors (Lipinski definition) is 4. The zero-order valence-electron chi connectivity index (χ0n) is 14.1. The van der Waals surface area contributed by atoms with Gasteiger partial charge >= 0.3 is 0 Å². The average molecular weight is 310 g/mol. The SMILES string of the molecule is CCN(CC)C(=O)CN1CCN(C(=O)CN2CCCC2)CC1. The van der Waals surface area contributed by atoms with Crippen LogP contribution in [0.4, 0.5) is 0 Å². The van der Waals surface area contributed by atoms with Gasteiger partial charge in [0.2, 0.25) is 11.8 Å². The molecule has 22 heavy (non-hydrogen) atoms. The lowest BCUT2D eigenvalue weighted by atomic mass is 10.3. The molecule has 0 radical (unpaired) electrons. The number of likely N-dealkylation sites (tertiary alicyclic amines) is 1. The second-order valence-electron chi connectivity index (χ2n) is 6.21.